The van der Waals surface area contributed by atoms with Crippen molar-refractivity contribution in [2.75, 3.05) is 26.6 Å². The van der Waals surface area contributed by atoms with Crippen LogP contribution in [0, 0.1) is 0 Å². The van der Waals surface area contributed by atoms with Gasteiger partial charge in [-0.1, -0.05) is 12.5 Å². The first-order valence-corrected chi connectivity index (χ1v) is 7.10. The first-order valence-electron chi connectivity index (χ1n) is 7.10. The molecule has 19 heavy (non-hydrogen) atoms. The highest BCUT2D eigenvalue weighted by Gasteiger charge is 2.47. The van der Waals surface area contributed by atoms with Gasteiger partial charge >= 0.3 is 0 Å². The standard InChI is InChI=1S/C15H19NO3/c1-2-6-16-14(3-1)15(8-17-9-15)11-4-5-12-13(7-11)19-10-18-12/h4-5,7,14,16H,1-3,6,8-10H2. The van der Waals surface area contributed by atoms with E-state index in [0.29, 0.717) is 12.8 Å². The molecule has 1 aromatic rings. The lowest BCUT2D eigenvalue weighted by atomic mass is 9.70. The van der Waals surface area contributed by atoms with Crippen LogP contribution in [0.3, 0.4) is 0 Å². The molecule has 1 N–H and O–H groups in total. The van der Waals surface area contributed by atoms with Crippen molar-refractivity contribution in [1.82, 2.24) is 5.32 Å². The molecule has 3 aliphatic rings. The van der Waals surface area contributed by atoms with E-state index in [0.717, 1.165) is 31.3 Å². The van der Waals surface area contributed by atoms with E-state index in [2.05, 4.69) is 17.4 Å². The van der Waals surface area contributed by atoms with E-state index < -0.39 is 0 Å². The highest BCUT2D eigenvalue weighted by molar-refractivity contribution is 5.47. The van der Waals surface area contributed by atoms with Crippen LogP contribution in [-0.2, 0) is 10.2 Å². The maximum Gasteiger partial charge on any atom is 0.231 e. The Morgan fingerprint density at radius 1 is 1.11 bits per heavy atom. The van der Waals surface area contributed by atoms with E-state index in [1.165, 1.54) is 24.8 Å². The van der Waals surface area contributed by atoms with Crippen LogP contribution < -0.4 is 14.8 Å². The fourth-order valence-electron chi connectivity index (χ4n) is 3.42. The van der Waals surface area contributed by atoms with Crippen molar-refractivity contribution in [2.45, 2.75) is 30.7 Å². The molecule has 0 aromatic heterocycles. The third-order valence-corrected chi connectivity index (χ3v) is 4.64. The summed E-state index contributed by atoms with van der Waals surface area (Å²) < 4.78 is 16.5. The van der Waals surface area contributed by atoms with Crippen LogP contribution in [0.5, 0.6) is 11.5 Å². The van der Waals surface area contributed by atoms with E-state index in [9.17, 15) is 0 Å². The molecule has 102 valence electrons. The lowest BCUT2D eigenvalue weighted by molar-refractivity contribution is -0.0827. The minimum Gasteiger partial charge on any atom is -0.454 e. The average molecular weight is 261 g/mol. The number of benzene rings is 1. The van der Waals surface area contributed by atoms with Crippen LogP contribution in [0.25, 0.3) is 0 Å². The maximum atomic E-state index is 5.55. The highest BCUT2D eigenvalue weighted by Crippen LogP contribution is 2.42. The molecule has 0 saturated carbocycles. The number of ether oxygens (including phenoxy) is 3. The molecule has 4 nitrogen and oxygen atoms in total. The number of fused-ring (bicyclic) bond motifs is 1. The Bertz CT molecular complexity index is 478. The highest BCUT2D eigenvalue weighted by atomic mass is 16.7. The molecule has 0 spiro atoms. The van der Waals surface area contributed by atoms with Crippen molar-refractivity contribution in [2.24, 2.45) is 0 Å². The summed E-state index contributed by atoms with van der Waals surface area (Å²) in [6, 6.07) is 6.86. The van der Waals surface area contributed by atoms with Gasteiger partial charge in [-0.05, 0) is 37.1 Å². The second-order valence-corrected chi connectivity index (χ2v) is 5.72. The zero-order valence-corrected chi connectivity index (χ0v) is 11.0. The minimum atomic E-state index is 0.126. The van der Waals surface area contributed by atoms with Gasteiger partial charge in [-0.15, -0.1) is 0 Å². The average Bonchev–Trinajstić information content (AvgIpc) is 2.86. The predicted molar refractivity (Wildman–Crippen MR) is 70.7 cm³/mol. The van der Waals surface area contributed by atoms with Crippen LogP contribution >= 0.6 is 0 Å². The summed E-state index contributed by atoms with van der Waals surface area (Å²) in [4.78, 5) is 0. The Morgan fingerprint density at radius 2 is 2.00 bits per heavy atom. The molecule has 1 atom stereocenters. The lowest BCUT2D eigenvalue weighted by Gasteiger charge is -2.49. The lowest BCUT2D eigenvalue weighted by Crippen LogP contribution is -2.61. The van der Waals surface area contributed by atoms with E-state index in [4.69, 9.17) is 14.2 Å². The molecule has 4 rings (SSSR count). The van der Waals surface area contributed by atoms with Crippen LogP contribution in [-0.4, -0.2) is 32.6 Å². The third kappa shape index (κ3) is 1.74. The van der Waals surface area contributed by atoms with Gasteiger partial charge in [0.15, 0.2) is 11.5 Å². The predicted octanol–water partition coefficient (Wildman–Crippen LogP) is 1.83. The second kappa shape index (κ2) is 4.39. The van der Waals surface area contributed by atoms with Gasteiger partial charge in [0, 0.05) is 6.04 Å². The zero-order chi connectivity index (χ0) is 12.7. The fourth-order valence-corrected chi connectivity index (χ4v) is 3.42. The Morgan fingerprint density at radius 3 is 2.74 bits per heavy atom. The second-order valence-electron chi connectivity index (χ2n) is 5.72. The van der Waals surface area contributed by atoms with Crippen molar-refractivity contribution >= 4 is 0 Å². The molecule has 3 aliphatic heterocycles. The van der Waals surface area contributed by atoms with E-state index >= 15 is 0 Å². The largest absolute Gasteiger partial charge is 0.454 e. The van der Waals surface area contributed by atoms with Gasteiger partial charge in [-0.2, -0.15) is 0 Å². The monoisotopic (exact) mass is 261 g/mol. The van der Waals surface area contributed by atoms with Gasteiger partial charge < -0.3 is 19.5 Å². The summed E-state index contributed by atoms with van der Waals surface area (Å²) >= 11 is 0. The van der Waals surface area contributed by atoms with Crippen LogP contribution in [0.2, 0.25) is 0 Å². The van der Waals surface area contributed by atoms with Crippen molar-refractivity contribution in [3.8, 4) is 11.5 Å². The molecule has 0 aliphatic carbocycles. The van der Waals surface area contributed by atoms with E-state index in [-0.39, 0.29) is 5.41 Å². The Kier molecular flexibility index (Phi) is 2.67. The number of nitrogens with one attached hydrogen (secondary N) is 1. The van der Waals surface area contributed by atoms with E-state index in [1.54, 1.807) is 0 Å². The quantitative estimate of drug-likeness (QED) is 0.881. The molecular weight excluding hydrogens is 242 g/mol. The topological polar surface area (TPSA) is 39.7 Å². The third-order valence-electron chi connectivity index (χ3n) is 4.64. The van der Waals surface area contributed by atoms with Gasteiger partial charge in [0.1, 0.15) is 0 Å². The summed E-state index contributed by atoms with van der Waals surface area (Å²) in [6.07, 6.45) is 3.83. The van der Waals surface area contributed by atoms with Crippen molar-refractivity contribution in [3.63, 3.8) is 0 Å². The summed E-state index contributed by atoms with van der Waals surface area (Å²) in [6.45, 7) is 3.08. The summed E-state index contributed by atoms with van der Waals surface area (Å²) in [7, 11) is 0. The summed E-state index contributed by atoms with van der Waals surface area (Å²) in [5.74, 6) is 1.73. The van der Waals surface area contributed by atoms with Crippen molar-refractivity contribution < 1.29 is 14.2 Å². The first kappa shape index (κ1) is 11.6. The van der Waals surface area contributed by atoms with Gasteiger partial charge in [0.05, 0.1) is 18.6 Å². The Balaban J connectivity index is 1.68. The normalized spacial score (nSPS) is 27.9. The molecule has 0 bridgehead atoms. The number of piperidine rings is 1. The zero-order valence-electron chi connectivity index (χ0n) is 11.0. The molecule has 2 saturated heterocycles. The maximum absolute atomic E-state index is 5.55. The molecule has 3 heterocycles. The SMILES string of the molecule is c1cc2c(cc1C1(C3CCCCN3)COC1)OCO2. The summed E-state index contributed by atoms with van der Waals surface area (Å²) in [5.41, 5.74) is 1.45. The first-order chi connectivity index (χ1) is 9.38. The molecule has 4 heteroatoms. The minimum absolute atomic E-state index is 0.126. The van der Waals surface area contributed by atoms with Gasteiger partial charge in [-0.25, -0.2) is 0 Å². The molecule has 0 radical (unpaired) electrons. The molecule has 1 aromatic carbocycles. The number of rotatable bonds is 2. The summed E-state index contributed by atoms with van der Waals surface area (Å²) in [5, 5.41) is 3.68. The van der Waals surface area contributed by atoms with Crippen molar-refractivity contribution in [3.05, 3.63) is 23.8 Å². The Hall–Kier alpha value is -1.26. The molecule has 1 unspecified atom stereocenters. The molecular formula is C15H19NO3. The van der Waals surface area contributed by atoms with Gasteiger partial charge in [0.25, 0.3) is 0 Å². The van der Waals surface area contributed by atoms with Crippen molar-refractivity contribution in [1.29, 1.82) is 0 Å². The van der Waals surface area contributed by atoms with Gasteiger partial charge in [-0.3, -0.25) is 0 Å². The van der Waals surface area contributed by atoms with Crippen LogP contribution in [0.4, 0.5) is 0 Å². The van der Waals surface area contributed by atoms with Crippen LogP contribution in [0.1, 0.15) is 24.8 Å². The Labute approximate surface area is 113 Å². The molecule has 0 amide bonds. The van der Waals surface area contributed by atoms with Gasteiger partial charge in [0.2, 0.25) is 6.79 Å². The fraction of sp³-hybridized carbons (Fsp3) is 0.600. The van der Waals surface area contributed by atoms with E-state index in [1.807, 2.05) is 6.07 Å². The molecule has 2 fully saturated rings. The smallest absolute Gasteiger partial charge is 0.231 e. The number of hydrogen-bond donors (Lipinski definition) is 1. The van der Waals surface area contributed by atoms with Crippen LogP contribution in [0.15, 0.2) is 18.2 Å². The number of hydrogen-bond acceptors (Lipinski definition) is 4.